The first kappa shape index (κ1) is 49.2. The van der Waals surface area contributed by atoms with Crippen molar-refractivity contribution < 1.29 is 38.0 Å². The van der Waals surface area contributed by atoms with Crippen LogP contribution >= 0.6 is 7.82 Å². The Hall–Kier alpha value is -1.84. The van der Waals surface area contributed by atoms with Gasteiger partial charge in [-0.3, -0.25) is 13.8 Å². The number of carbonyl (C=O) groups is 1. The molecular weight excluding hydrogens is 663 g/mol. The molecule has 0 spiro atoms. The molecule has 0 saturated heterocycles. The highest BCUT2D eigenvalue weighted by Gasteiger charge is 2.27. The second kappa shape index (κ2) is 32.8. The minimum absolute atomic E-state index is 0.0431. The van der Waals surface area contributed by atoms with Crippen molar-refractivity contribution in [1.29, 1.82) is 0 Å². The van der Waals surface area contributed by atoms with E-state index >= 15 is 0 Å². The number of hydrogen-bond acceptors (Lipinski definition) is 6. The highest BCUT2D eigenvalue weighted by atomic mass is 31.2. The molecule has 2 unspecified atom stereocenters. The zero-order valence-electron chi connectivity index (χ0n) is 32.9. The van der Waals surface area contributed by atoms with E-state index in [0.717, 1.165) is 64.2 Å². The Morgan fingerprint density at radius 3 is 1.94 bits per heavy atom. The van der Waals surface area contributed by atoms with Crippen LogP contribution in [0.1, 0.15) is 136 Å². The highest BCUT2D eigenvalue weighted by molar-refractivity contribution is 7.47. The van der Waals surface area contributed by atoms with Crippen LogP contribution < -0.4 is 5.32 Å². The molecule has 1 amide bonds. The third-order valence-electron chi connectivity index (χ3n) is 8.27. The molecule has 10 heteroatoms. The van der Waals surface area contributed by atoms with E-state index in [2.05, 4.69) is 43.5 Å². The average molecular weight is 740 g/mol. The van der Waals surface area contributed by atoms with Gasteiger partial charge in [0.15, 0.2) is 0 Å². The summed E-state index contributed by atoms with van der Waals surface area (Å²) >= 11 is 0. The molecule has 4 N–H and O–H groups in total. The van der Waals surface area contributed by atoms with Crippen LogP contribution in [0.4, 0.5) is 0 Å². The van der Waals surface area contributed by atoms with Gasteiger partial charge in [-0.05, 0) is 64.2 Å². The predicted molar refractivity (Wildman–Crippen MR) is 213 cm³/mol. The summed E-state index contributed by atoms with van der Waals surface area (Å²) in [6.07, 6.45) is 37.5. The molecule has 51 heavy (non-hydrogen) atoms. The molecule has 0 aliphatic heterocycles. The Labute approximate surface area is 312 Å². The fourth-order valence-electron chi connectivity index (χ4n) is 5.08. The molecule has 296 valence electrons. The number of likely N-dealkylation sites (N-methyl/N-ethyl adjacent to an activating group) is 1. The van der Waals surface area contributed by atoms with Gasteiger partial charge in [0.2, 0.25) is 5.91 Å². The third kappa shape index (κ3) is 35.0. The number of unbranched alkanes of at least 4 members (excludes halogenated alkanes) is 13. The van der Waals surface area contributed by atoms with Crippen molar-refractivity contribution in [2.75, 3.05) is 40.9 Å². The predicted octanol–water partition coefficient (Wildman–Crippen LogP) is 9.27. The van der Waals surface area contributed by atoms with Crippen LogP contribution in [0.15, 0.2) is 60.8 Å². The van der Waals surface area contributed by atoms with Crippen LogP contribution in [0.3, 0.4) is 0 Å². The number of nitrogens with one attached hydrogen (secondary N) is 1. The van der Waals surface area contributed by atoms with E-state index < -0.39 is 26.1 Å². The number of rotatable bonds is 34. The van der Waals surface area contributed by atoms with Crippen LogP contribution in [-0.2, 0) is 18.4 Å². The van der Waals surface area contributed by atoms with Crippen molar-refractivity contribution in [2.24, 2.45) is 0 Å². The lowest BCUT2D eigenvalue weighted by molar-refractivity contribution is -0.870. The second-order valence-electron chi connectivity index (χ2n) is 14.5. The normalized spacial score (nSPS) is 15.8. The van der Waals surface area contributed by atoms with Crippen molar-refractivity contribution in [3.8, 4) is 0 Å². The smallest absolute Gasteiger partial charge is 0.389 e. The molecule has 0 radical (unpaired) electrons. The number of amides is 1. The van der Waals surface area contributed by atoms with Gasteiger partial charge in [-0.1, -0.05) is 126 Å². The van der Waals surface area contributed by atoms with Crippen molar-refractivity contribution in [3.05, 3.63) is 60.8 Å². The molecule has 0 aromatic carbocycles. The summed E-state index contributed by atoms with van der Waals surface area (Å²) in [6.45, 7) is 4.48. The number of allylic oxidation sites excluding steroid dienone is 7. The van der Waals surface area contributed by atoms with Crippen molar-refractivity contribution >= 4 is 13.7 Å². The molecule has 0 rings (SSSR count). The summed E-state index contributed by atoms with van der Waals surface area (Å²) < 4.78 is 23.4. The Morgan fingerprint density at radius 2 is 1.31 bits per heavy atom. The van der Waals surface area contributed by atoms with Gasteiger partial charge >= 0.3 is 7.82 Å². The lowest BCUT2D eigenvalue weighted by Crippen LogP contribution is -2.45. The van der Waals surface area contributed by atoms with E-state index in [1.54, 1.807) is 12.2 Å². The third-order valence-corrected chi connectivity index (χ3v) is 9.26. The molecule has 0 aromatic rings. The summed E-state index contributed by atoms with van der Waals surface area (Å²) in [4.78, 5) is 23.0. The van der Waals surface area contributed by atoms with E-state index in [4.69, 9.17) is 9.05 Å². The van der Waals surface area contributed by atoms with E-state index in [9.17, 15) is 24.5 Å². The lowest BCUT2D eigenvalue weighted by Gasteiger charge is -2.25. The molecule has 0 saturated carbocycles. The highest BCUT2D eigenvalue weighted by Crippen LogP contribution is 2.43. The molecule has 0 aliphatic carbocycles. The van der Waals surface area contributed by atoms with Crippen LogP contribution in [0.2, 0.25) is 0 Å². The van der Waals surface area contributed by atoms with Crippen LogP contribution in [0, 0.1) is 0 Å². The number of nitrogens with zero attached hydrogens (tertiary/aromatic N) is 1. The fourth-order valence-corrected chi connectivity index (χ4v) is 5.81. The topological polar surface area (TPSA) is 125 Å². The van der Waals surface area contributed by atoms with Gasteiger partial charge in [0.25, 0.3) is 0 Å². The van der Waals surface area contributed by atoms with Crippen LogP contribution in [0.25, 0.3) is 0 Å². The van der Waals surface area contributed by atoms with E-state index in [1.807, 2.05) is 45.4 Å². The first-order chi connectivity index (χ1) is 24.4. The maximum Gasteiger partial charge on any atom is 0.472 e. The summed E-state index contributed by atoms with van der Waals surface area (Å²) in [7, 11) is 1.51. The van der Waals surface area contributed by atoms with Gasteiger partial charge in [-0.2, -0.15) is 0 Å². The minimum atomic E-state index is -4.35. The van der Waals surface area contributed by atoms with Crippen LogP contribution in [-0.4, -0.2) is 84.6 Å². The summed E-state index contributed by atoms with van der Waals surface area (Å²) in [5.41, 5.74) is 0. The molecule has 0 aromatic heterocycles. The Bertz CT molecular complexity index is 1040. The van der Waals surface area contributed by atoms with Gasteiger partial charge in [-0.25, -0.2) is 4.57 Å². The number of aliphatic hydroxyl groups excluding tert-OH is 2. The Morgan fingerprint density at radius 1 is 0.725 bits per heavy atom. The SMILES string of the molecule is CC/C=C/CC(O)/C=C/C=C/CCCCCCCC(=O)N[C@@H](COP(=O)(O)OCC[N+](C)(C)C)[C@H](O)/C=C/CCCCCCCC/C=C\CCC. The first-order valence-corrected chi connectivity index (χ1v) is 21.3. The van der Waals surface area contributed by atoms with Gasteiger partial charge in [0.05, 0.1) is 46.0 Å². The van der Waals surface area contributed by atoms with Gasteiger partial charge < -0.3 is 24.9 Å². The fraction of sp³-hybridized carbons (Fsp3) is 0.732. The first-order valence-electron chi connectivity index (χ1n) is 19.8. The van der Waals surface area contributed by atoms with Crippen molar-refractivity contribution in [1.82, 2.24) is 5.32 Å². The van der Waals surface area contributed by atoms with E-state index in [1.165, 1.54) is 44.9 Å². The average Bonchev–Trinajstić information content (AvgIpc) is 3.06. The van der Waals surface area contributed by atoms with Crippen molar-refractivity contribution in [3.63, 3.8) is 0 Å². The van der Waals surface area contributed by atoms with Crippen LogP contribution in [0.5, 0.6) is 0 Å². The standard InChI is InChI=1S/C41H75N2O7P/c1-6-8-10-11-12-13-14-15-16-19-22-25-29-33-40(45)39(37-50-51(47,48)49-36-35-43(3,4)5)42-41(46)34-30-26-23-20-17-18-21-24-28-32-38(44)31-27-9-7-2/h9-11,21,24,27-29,32-33,38-40,44-45H,6-8,12-20,22-23,25-26,30-31,34-37H2,1-5H3,(H-,42,46,47,48)/p+1/b11-10-,24-21+,27-9+,32-28+,33-29+/t38?,39-,40+/m0/s1. The van der Waals surface area contributed by atoms with E-state index in [0.29, 0.717) is 23.9 Å². The minimum Gasteiger partial charge on any atom is -0.389 e. The zero-order chi connectivity index (χ0) is 38.1. The molecule has 0 fully saturated rings. The number of carbonyl (C=O) groups excluding carboxylic acids is 1. The summed E-state index contributed by atoms with van der Waals surface area (Å²) in [5.74, 6) is -0.224. The number of quaternary nitrogens is 1. The van der Waals surface area contributed by atoms with E-state index in [-0.39, 0.29) is 19.1 Å². The maximum absolute atomic E-state index is 12.8. The maximum atomic E-state index is 12.8. The summed E-state index contributed by atoms with van der Waals surface area (Å²) in [5, 5.41) is 23.6. The molecule has 4 atom stereocenters. The molecule has 0 heterocycles. The van der Waals surface area contributed by atoms with Crippen molar-refractivity contribution in [2.45, 2.75) is 154 Å². The van der Waals surface area contributed by atoms with Gasteiger partial charge in [0.1, 0.15) is 13.2 Å². The largest absolute Gasteiger partial charge is 0.472 e. The number of hydrogen-bond donors (Lipinski definition) is 4. The molecule has 0 aliphatic rings. The number of aliphatic hydroxyl groups is 2. The lowest BCUT2D eigenvalue weighted by atomic mass is 10.1. The number of phosphoric ester groups is 1. The zero-order valence-corrected chi connectivity index (χ0v) is 33.8. The summed E-state index contributed by atoms with van der Waals surface area (Å²) in [6, 6.07) is -0.877. The molecular formula is C41H76N2O7P+. The Balaban J connectivity index is 4.61. The second-order valence-corrected chi connectivity index (χ2v) is 15.9. The van der Waals surface area contributed by atoms with Gasteiger partial charge in [-0.15, -0.1) is 0 Å². The quantitative estimate of drug-likeness (QED) is 0.0171. The van der Waals surface area contributed by atoms with Gasteiger partial charge in [0, 0.05) is 6.42 Å². The Kier molecular flexibility index (Phi) is 31.6. The number of phosphoric acid groups is 1. The molecule has 9 nitrogen and oxygen atoms in total. The molecule has 0 bridgehead atoms. The monoisotopic (exact) mass is 740 g/mol.